The monoisotopic (exact) mass is 136 g/mol. The summed E-state index contributed by atoms with van der Waals surface area (Å²) in [7, 11) is 0. The van der Waals surface area contributed by atoms with E-state index in [2.05, 4.69) is 5.29 Å². The van der Waals surface area contributed by atoms with E-state index < -0.39 is 18.5 Å². The number of alkyl halides is 2. The highest BCUT2D eigenvalue weighted by atomic mass is 19.3. The molecule has 0 unspecified atom stereocenters. The van der Waals surface area contributed by atoms with Crippen LogP contribution in [0.5, 0.6) is 0 Å². The fourth-order valence-electron chi connectivity index (χ4n) is 0.690. The first kappa shape index (κ1) is 6.38. The molecule has 1 aliphatic heterocycles. The average Bonchev–Trinajstić information content (AvgIpc) is 1.82. The number of nitroso groups, excluding NO2 is 1. The van der Waals surface area contributed by atoms with Crippen LogP contribution in [0.25, 0.3) is 0 Å². The minimum atomic E-state index is -2.71. The zero-order chi connectivity index (χ0) is 7.07. The van der Waals surface area contributed by atoms with Crippen molar-refractivity contribution in [3.63, 3.8) is 0 Å². The zero-order valence-corrected chi connectivity index (χ0v) is 4.84. The molecular formula is C4H6F2N2O. The first-order valence-electron chi connectivity index (χ1n) is 2.55. The van der Waals surface area contributed by atoms with Crippen molar-refractivity contribution in [2.24, 2.45) is 5.29 Å². The van der Waals surface area contributed by atoms with E-state index in [9.17, 15) is 13.7 Å². The third kappa shape index (κ3) is 0.760. The van der Waals surface area contributed by atoms with Gasteiger partial charge in [-0.1, -0.05) is 0 Å². The van der Waals surface area contributed by atoms with Crippen LogP contribution in [0.3, 0.4) is 0 Å². The normalized spacial score (nSPS) is 31.4. The van der Waals surface area contributed by atoms with Crippen molar-refractivity contribution in [2.75, 3.05) is 6.54 Å². The van der Waals surface area contributed by atoms with Gasteiger partial charge in [0.1, 0.15) is 12.6 Å². The van der Waals surface area contributed by atoms with Crippen LogP contribution >= 0.6 is 0 Å². The second kappa shape index (κ2) is 1.62. The second-order valence-electron chi connectivity index (χ2n) is 2.12. The zero-order valence-electron chi connectivity index (χ0n) is 4.84. The summed E-state index contributed by atoms with van der Waals surface area (Å²) < 4.78 is 24.3. The molecule has 1 saturated heterocycles. The molecule has 0 aromatic heterocycles. The van der Waals surface area contributed by atoms with E-state index in [1.165, 1.54) is 6.92 Å². The summed E-state index contributed by atoms with van der Waals surface area (Å²) in [6.45, 7) is 0.739. The van der Waals surface area contributed by atoms with Gasteiger partial charge in [-0.2, -0.15) is 0 Å². The lowest BCUT2D eigenvalue weighted by atomic mass is 10.0. The molecule has 3 nitrogen and oxygen atoms in total. The van der Waals surface area contributed by atoms with Crippen molar-refractivity contribution in [1.29, 1.82) is 0 Å². The molecule has 1 aliphatic rings. The van der Waals surface area contributed by atoms with Gasteiger partial charge >= 0.3 is 0 Å². The van der Waals surface area contributed by atoms with E-state index in [0.717, 1.165) is 5.01 Å². The standard InChI is InChI=1S/C4H6F2N2O/c1-3-4(5,6)2-8(3)7-9/h3H,2H2,1H3/t3-/m0/s1. The highest BCUT2D eigenvalue weighted by Gasteiger charge is 2.52. The number of halogens is 2. The fourth-order valence-corrected chi connectivity index (χ4v) is 0.690. The van der Waals surface area contributed by atoms with E-state index in [4.69, 9.17) is 0 Å². The predicted molar refractivity (Wildman–Crippen MR) is 26.9 cm³/mol. The Labute approximate surface area is 50.6 Å². The van der Waals surface area contributed by atoms with Gasteiger partial charge in [0.05, 0.1) is 5.29 Å². The Balaban J connectivity index is 2.50. The Morgan fingerprint density at radius 2 is 2.33 bits per heavy atom. The molecule has 0 saturated carbocycles. The largest absolute Gasteiger partial charge is 0.288 e. The molecule has 0 aromatic rings. The Kier molecular flexibility index (Phi) is 1.15. The van der Waals surface area contributed by atoms with Crippen molar-refractivity contribution in [3.05, 3.63) is 4.91 Å². The van der Waals surface area contributed by atoms with Crippen molar-refractivity contribution in [1.82, 2.24) is 5.01 Å². The molecule has 0 radical (unpaired) electrons. The summed E-state index contributed by atoms with van der Waals surface area (Å²) >= 11 is 0. The maximum Gasteiger partial charge on any atom is 0.288 e. The minimum Gasteiger partial charge on any atom is -0.246 e. The summed E-state index contributed by atoms with van der Waals surface area (Å²) in [5, 5.41) is 3.19. The Bertz CT molecular complexity index is 139. The average molecular weight is 136 g/mol. The first-order chi connectivity index (χ1) is 4.08. The van der Waals surface area contributed by atoms with Crippen LogP contribution in [0.4, 0.5) is 8.78 Å². The van der Waals surface area contributed by atoms with Crippen LogP contribution in [0, 0.1) is 4.91 Å². The number of hydrogen-bond acceptors (Lipinski definition) is 2. The van der Waals surface area contributed by atoms with Gasteiger partial charge in [0.25, 0.3) is 5.92 Å². The van der Waals surface area contributed by atoms with Crippen LogP contribution in [0.15, 0.2) is 5.29 Å². The SMILES string of the molecule is C[C@@H]1N(N=O)CC1(F)F. The minimum absolute atomic E-state index is 0.530. The number of rotatable bonds is 1. The van der Waals surface area contributed by atoms with Crippen LogP contribution in [0.1, 0.15) is 6.92 Å². The third-order valence-electron chi connectivity index (χ3n) is 1.54. The van der Waals surface area contributed by atoms with Gasteiger partial charge in [0.2, 0.25) is 0 Å². The molecule has 0 spiro atoms. The van der Waals surface area contributed by atoms with E-state index in [0.29, 0.717) is 0 Å². The molecule has 0 bridgehead atoms. The van der Waals surface area contributed by atoms with Gasteiger partial charge in [0, 0.05) is 0 Å². The molecule has 5 heteroatoms. The lowest BCUT2D eigenvalue weighted by Crippen LogP contribution is -2.60. The molecule has 52 valence electrons. The van der Waals surface area contributed by atoms with Crippen molar-refractivity contribution in [2.45, 2.75) is 18.9 Å². The van der Waals surface area contributed by atoms with Gasteiger partial charge in [-0.15, -0.1) is 4.91 Å². The van der Waals surface area contributed by atoms with Crippen molar-refractivity contribution >= 4 is 0 Å². The Morgan fingerprint density at radius 3 is 2.44 bits per heavy atom. The number of nitrogens with zero attached hydrogens (tertiary/aromatic N) is 2. The lowest BCUT2D eigenvalue weighted by Gasteiger charge is -2.40. The summed E-state index contributed by atoms with van der Waals surface area (Å²) in [5.74, 6) is -2.71. The third-order valence-corrected chi connectivity index (χ3v) is 1.54. The topological polar surface area (TPSA) is 32.7 Å². The smallest absolute Gasteiger partial charge is 0.246 e. The molecule has 9 heavy (non-hydrogen) atoms. The van der Waals surface area contributed by atoms with Crippen molar-refractivity contribution in [3.8, 4) is 0 Å². The lowest BCUT2D eigenvalue weighted by molar-refractivity contribution is -0.176. The summed E-state index contributed by atoms with van der Waals surface area (Å²) in [4.78, 5) is 9.63. The molecular weight excluding hydrogens is 130 g/mol. The van der Waals surface area contributed by atoms with Gasteiger partial charge in [-0.3, -0.25) is 0 Å². The highest BCUT2D eigenvalue weighted by Crippen LogP contribution is 2.33. The van der Waals surface area contributed by atoms with Crippen molar-refractivity contribution < 1.29 is 8.78 Å². The molecule has 1 fully saturated rings. The maximum absolute atomic E-state index is 12.1. The molecule has 0 aromatic carbocycles. The van der Waals surface area contributed by atoms with Gasteiger partial charge in [0.15, 0.2) is 0 Å². The van der Waals surface area contributed by atoms with E-state index in [1.54, 1.807) is 0 Å². The van der Waals surface area contributed by atoms with E-state index in [1.807, 2.05) is 0 Å². The molecule has 0 N–H and O–H groups in total. The summed E-state index contributed by atoms with van der Waals surface area (Å²) in [5.41, 5.74) is 0. The number of hydrogen-bond donors (Lipinski definition) is 0. The maximum atomic E-state index is 12.1. The van der Waals surface area contributed by atoms with Crippen LogP contribution < -0.4 is 0 Å². The second-order valence-corrected chi connectivity index (χ2v) is 2.12. The molecule has 0 aliphatic carbocycles. The predicted octanol–water partition coefficient (Wildman–Crippen LogP) is 1.01. The Morgan fingerprint density at radius 1 is 1.78 bits per heavy atom. The first-order valence-corrected chi connectivity index (χ1v) is 2.55. The van der Waals surface area contributed by atoms with E-state index >= 15 is 0 Å². The van der Waals surface area contributed by atoms with Crippen LogP contribution in [0.2, 0.25) is 0 Å². The van der Waals surface area contributed by atoms with E-state index in [-0.39, 0.29) is 0 Å². The van der Waals surface area contributed by atoms with Crippen LogP contribution in [-0.4, -0.2) is 23.5 Å². The highest BCUT2D eigenvalue weighted by molar-refractivity contribution is 4.93. The summed E-state index contributed by atoms with van der Waals surface area (Å²) in [6, 6.07) is -1.02. The molecule has 1 atom stereocenters. The quantitative estimate of drug-likeness (QED) is 0.504. The molecule has 1 rings (SSSR count). The van der Waals surface area contributed by atoms with Gasteiger partial charge < -0.3 is 0 Å². The molecule has 0 amide bonds. The Hall–Kier alpha value is -0.740. The van der Waals surface area contributed by atoms with Crippen LogP contribution in [-0.2, 0) is 0 Å². The molecule has 1 heterocycles. The summed E-state index contributed by atoms with van der Waals surface area (Å²) in [6.07, 6.45) is 0. The fraction of sp³-hybridized carbons (Fsp3) is 1.00. The van der Waals surface area contributed by atoms with Gasteiger partial charge in [-0.25, -0.2) is 13.8 Å². The van der Waals surface area contributed by atoms with Gasteiger partial charge in [-0.05, 0) is 6.92 Å².